The lowest BCUT2D eigenvalue weighted by Gasteiger charge is -2.17. The van der Waals surface area contributed by atoms with E-state index in [0.717, 1.165) is 25.1 Å². The molecule has 3 nitrogen and oxygen atoms in total. The fourth-order valence-corrected chi connectivity index (χ4v) is 4.13. The second-order valence-corrected chi connectivity index (χ2v) is 7.69. The molecule has 5 heteroatoms. The van der Waals surface area contributed by atoms with Gasteiger partial charge in [0.25, 0.3) is 0 Å². The first-order chi connectivity index (χ1) is 9.51. The summed E-state index contributed by atoms with van der Waals surface area (Å²) in [5.74, 6) is 0. The smallest absolute Gasteiger partial charge is 0.0701 e. The summed E-state index contributed by atoms with van der Waals surface area (Å²) in [7, 11) is 2.02. The highest BCUT2D eigenvalue weighted by Gasteiger charge is 2.16. The predicted molar refractivity (Wildman–Crippen MR) is 89.6 cm³/mol. The third kappa shape index (κ3) is 3.71. The number of nitrogens with zero attached hydrogens (tertiary/aromatic N) is 2. The zero-order valence-corrected chi connectivity index (χ0v) is 14.9. The molecule has 0 spiro atoms. The van der Waals surface area contributed by atoms with Crippen molar-refractivity contribution in [2.45, 2.75) is 39.7 Å². The average molecular weight is 356 g/mol. The number of hydrogen-bond acceptors (Lipinski definition) is 3. The SMILES string of the molecule is CCNC(Cc1ccc(Br)s1)Cc1c(C)nn(C)c1C. The molecule has 0 bridgehead atoms. The Morgan fingerprint density at radius 1 is 1.35 bits per heavy atom. The third-order valence-corrected chi connectivity index (χ3v) is 5.32. The van der Waals surface area contributed by atoms with E-state index in [1.807, 2.05) is 23.1 Å². The summed E-state index contributed by atoms with van der Waals surface area (Å²) in [6, 6.07) is 4.80. The fourth-order valence-electron chi connectivity index (χ4n) is 2.57. The van der Waals surface area contributed by atoms with Crippen molar-refractivity contribution < 1.29 is 0 Å². The second kappa shape index (κ2) is 6.87. The number of nitrogens with one attached hydrogen (secondary N) is 1. The Hall–Kier alpha value is -0.650. The monoisotopic (exact) mass is 355 g/mol. The van der Waals surface area contributed by atoms with Crippen LogP contribution in [0.1, 0.15) is 28.8 Å². The summed E-state index contributed by atoms with van der Waals surface area (Å²) in [5, 5.41) is 8.13. The van der Waals surface area contributed by atoms with Gasteiger partial charge < -0.3 is 5.32 Å². The van der Waals surface area contributed by atoms with E-state index in [0.29, 0.717) is 6.04 Å². The van der Waals surface area contributed by atoms with Gasteiger partial charge in [0.1, 0.15) is 0 Å². The quantitative estimate of drug-likeness (QED) is 0.857. The first kappa shape index (κ1) is 15.7. The molecule has 0 saturated carbocycles. The molecule has 0 saturated heterocycles. The van der Waals surface area contributed by atoms with Crippen LogP contribution in [0.5, 0.6) is 0 Å². The molecule has 0 fully saturated rings. The van der Waals surface area contributed by atoms with E-state index in [1.165, 1.54) is 19.9 Å². The highest BCUT2D eigenvalue weighted by molar-refractivity contribution is 9.11. The number of aryl methyl sites for hydroxylation is 2. The highest BCUT2D eigenvalue weighted by atomic mass is 79.9. The summed E-state index contributed by atoms with van der Waals surface area (Å²) in [5.41, 5.74) is 3.81. The fraction of sp³-hybridized carbons (Fsp3) is 0.533. The van der Waals surface area contributed by atoms with E-state index in [9.17, 15) is 0 Å². The minimum atomic E-state index is 0.465. The Morgan fingerprint density at radius 3 is 2.60 bits per heavy atom. The van der Waals surface area contributed by atoms with E-state index >= 15 is 0 Å². The van der Waals surface area contributed by atoms with Gasteiger partial charge in [-0.25, -0.2) is 0 Å². The van der Waals surface area contributed by atoms with Crippen molar-refractivity contribution in [2.75, 3.05) is 6.54 Å². The largest absolute Gasteiger partial charge is 0.314 e. The minimum absolute atomic E-state index is 0.465. The zero-order valence-electron chi connectivity index (χ0n) is 12.5. The molecule has 2 aromatic rings. The standard InChI is InChI=1S/C15H22BrN3S/c1-5-17-12(8-13-6-7-15(16)20-13)9-14-10(2)18-19(4)11(14)3/h6-7,12,17H,5,8-9H2,1-4H3. The number of hydrogen-bond donors (Lipinski definition) is 1. The van der Waals surface area contributed by atoms with Crippen LogP contribution in [0.2, 0.25) is 0 Å². The van der Waals surface area contributed by atoms with Gasteiger partial charge in [-0.05, 0) is 66.9 Å². The van der Waals surface area contributed by atoms with Crippen LogP contribution in [-0.4, -0.2) is 22.4 Å². The van der Waals surface area contributed by atoms with E-state index in [2.05, 4.69) is 59.2 Å². The normalized spacial score (nSPS) is 12.8. The number of halogens is 1. The Labute approximate surface area is 133 Å². The molecule has 2 aromatic heterocycles. The van der Waals surface area contributed by atoms with Crippen LogP contribution in [0, 0.1) is 13.8 Å². The van der Waals surface area contributed by atoms with Crippen LogP contribution in [-0.2, 0) is 19.9 Å². The van der Waals surface area contributed by atoms with Gasteiger partial charge in [0.05, 0.1) is 9.48 Å². The van der Waals surface area contributed by atoms with Gasteiger partial charge in [0.2, 0.25) is 0 Å². The molecule has 20 heavy (non-hydrogen) atoms. The van der Waals surface area contributed by atoms with E-state index < -0.39 is 0 Å². The van der Waals surface area contributed by atoms with Gasteiger partial charge >= 0.3 is 0 Å². The maximum atomic E-state index is 4.52. The molecule has 0 aliphatic carbocycles. The summed E-state index contributed by atoms with van der Waals surface area (Å²) in [6.45, 7) is 7.42. The van der Waals surface area contributed by atoms with Crippen molar-refractivity contribution in [3.8, 4) is 0 Å². The van der Waals surface area contributed by atoms with Gasteiger partial charge in [0.15, 0.2) is 0 Å². The number of likely N-dealkylation sites (N-methyl/N-ethyl adjacent to an activating group) is 1. The molecule has 0 aliphatic heterocycles. The Balaban J connectivity index is 2.12. The van der Waals surface area contributed by atoms with E-state index in [1.54, 1.807) is 0 Å². The summed E-state index contributed by atoms with van der Waals surface area (Å²) < 4.78 is 3.19. The van der Waals surface area contributed by atoms with Gasteiger partial charge in [-0.3, -0.25) is 4.68 Å². The Morgan fingerprint density at radius 2 is 2.10 bits per heavy atom. The highest BCUT2D eigenvalue weighted by Crippen LogP contribution is 2.24. The number of aromatic nitrogens is 2. The van der Waals surface area contributed by atoms with Gasteiger partial charge in [0, 0.05) is 23.7 Å². The molecule has 1 N–H and O–H groups in total. The van der Waals surface area contributed by atoms with Crippen LogP contribution in [0.3, 0.4) is 0 Å². The summed E-state index contributed by atoms with van der Waals surface area (Å²) in [6.07, 6.45) is 2.10. The molecule has 2 heterocycles. The van der Waals surface area contributed by atoms with E-state index in [4.69, 9.17) is 0 Å². The van der Waals surface area contributed by atoms with Crippen molar-refractivity contribution in [3.63, 3.8) is 0 Å². The molecule has 0 aromatic carbocycles. The first-order valence-corrected chi connectivity index (χ1v) is 8.58. The van der Waals surface area contributed by atoms with Crippen molar-refractivity contribution in [1.82, 2.24) is 15.1 Å². The second-order valence-electron chi connectivity index (χ2n) is 5.14. The minimum Gasteiger partial charge on any atom is -0.314 e. The molecule has 0 amide bonds. The lowest BCUT2D eigenvalue weighted by molar-refractivity contribution is 0.522. The topological polar surface area (TPSA) is 29.9 Å². The molecular formula is C15H22BrN3S. The average Bonchev–Trinajstić information content (AvgIpc) is 2.89. The molecule has 0 aliphatic rings. The molecular weight excluding hydrogens is 334 g/mol. The molecule has 0 radical (unpaired) electrons. The molecule has 1 unspecified atom stereocenters. The van der Waals surface area contributed by atoms with Gasteiger partial charge in [-0.2, -0.15) is 5.10 Å². The van der Waals surface area contributed by atoms with Crippen LogP contribution in [0.25, 0.3) is 0 Å². The van der Waals surface area contributed by atoms with Gasteiger partial charge in [-0.15, -0.1) is 11.3 Å². The van der Waals surface area contributed by atoms with Crippen LogP contribution in [0.4, 0.5) is 0 Å². The Kier molecular flexibility index (Phi) is 5.41. The molecule has 2 rings (SSSR count). The van der Waals surface area contributed by atoms with Crippen molar-refractivity contribution in [2.24, 2.45) is 7.05 Å². The lowest BCUT2D eigenvalue weighted by atomic mass is 10.0. The number of rotatable bonds is 6. The Bertz CT molecular complexity index is 574. The van der Waals surface area contributed by atoms with Crippen LogP contribution < -0.4 is 5.32 Å². The predicted octanol–water partition coefficient (Wildman–Crippen LogP) is 3.62. The van der Waals surface area contributed by atoms with E-state index in [-0.39, 0.29) is 0 Å². The van der Waals surface area contributed by atoms with Crippen LogP contribution in [0.15, 0.2) is 15.9 Å². The first-order valence-electron chi connectivity index (χ1n) is 6.98. The maximum Gasteiger partial charge on any atom is 0.0701 e. The van der Waals surface area contributed by atoms with Crippen LogP contribution >= 0.6 is 27.3 Å². The molecule has 1 atom stereocenters. The molecule has 110 valence electrons. The van der Waals surface area contributed by atoms with Crippen molar-refractivity contribution in [3.05, 3.63) is 37.7 Å². The van der Waals surface area contributed by atoms with Gasteiger partial charge in [-0.1, -0.05) is 6.92 Å². The van der Waals surface area contributed by atoms with Crippen molar-refractivity contribution >= 4 is 27.3 Å². The number of thiophene rings is 1. The zero-order chi connectivity index (χ0) is 14.7. The lowest BCUT2D eigenvalue weighted by Crippen LogP contribution is -2.33. The third-order valence-electron chi connectivity index (χ3n) is 3.68. The summed E-state index contributed by atoms with van der Waals surface area (Å²) >= 11 is 5.36. The van der Waals surface area contributed by atoms with Crippen molar-refractivity contribution in [1.29, 1.82) is 0 Å². The maximum absolute atomic E-state index is 4.52. The summed E-state index contributed by atoms with van der Waals surface area (Å²) in [4.78, 5) is 1.42.